The van der Waals surface area contributed by atoms with Crippen molar-refractivity contribution in [1.82, 2.24) is 0 Å². The van der Waals surface area contributed by atoms with Gasteiger partial charge in [0, 0.05) is 11.6 Å². The predicted octanol–water partition coefficient (Wildman–Crippen LogP) is 2.07. The number of hydrogen-bond acceptors (Lipinski definition) is 2. The van der Waals surface area contributed by atoms with E-state index in [4.69, 9.17) is 11.5 Å². The standard InChI is InChI=1S/C13H22N2/c1-13(2,15)9-8-12(14)10-11-6-4-3-5-7-11/h3-7,12H,8-10,14-15H2,1-2H3. The van der Waals surface area contributed by atoms with Crippen LogP contribution in [0.3, 0.4) is 0 Å². The summed E-state index contributed by atoms with van der Waals surface area (Å²) in [6.07, 6.45) is 2.90. The van der Waals surface area contributed by atoms with Crippen molar-refractivity contribution in [3.8, 4) is 0 Å². The van der Waals surface area contributed by atoms with Gasteiger partial charge in [0.05, 0.1) is 0 Å². The van der Waals surface area contributed by atoms with E-state index in [0.717, 1.165) is 19.3 Å². The number of nitrogens with two attached hydrogens (primary N) is 2. The normalized spacial score (nSPS) is 13.9. The van der Waals surface area contributed by atoms with Crippen molar-refractivity contribution in [2.75, 3.05) is 0 Å². The van der Waals surface area contributed by atoms with Gasteiger partial charge in [-0.2, -0.15) is 0 Å². The third-order valence-corrected chi connectivity index (χ3v) is 2.50. The zero-order valence-corrected chi connectivity index (χ0v) is 9.74. The molecule has 1 rings (SSSR count). The van der Waals surface area contributed by atoms with Crippen LogP contribution >= 0.6 is 0 Å². The second-order valence-electron chi connectivity index (χ2n) is 4.98. The molecule has 1 aromatic carbocycles. The maximum atomic E-state index is 6.06. The molecule has 1 aromatic rings. The Morgan fingerprint density at radius 2 is 1.80 bits per heavy atom. The summed E-state index contributed by atoms with van der Waals surface area (Å²) in [6, 6.07) is 10.6. The Balaban J connectivity index is 2.34. The first-order valence-corrected chi connectivity index (χ1v) is 5.56. The number of rotatable bonds is 5. The minimum atomic E-state index is -0.103. The summed E-state index contributed by atoms with van der Waals surface area (Å²) >= 11 is 0. The average molecular weight is 206 g/mol. The molecule has 1 atom stereocenters. The maximum Gasteiger partial charge on any atom is 0.00976 e. The minimum absolute atomic E-state index is 0.103. The molecular formula is C13H22N2. The molecule has 15 heavy (non-hydrogen) atoms. The summed E-state index contributed by atoms with van der Waals surface area (Å²) in [6.45, 7) is 4.09. The predicted molar refractivity (Wildman–Crippen MR) is 65.6 cm³/mol. The first-order chi connectivity index (χ1) is 6.97. The molecule has 0 aliphatic heterocycles. The summed E-state index contributed by atoms with van der Waals surface area (Å²) in [7, 11) is 0. The van der Waals surface area contributed by atoms with Crippen LogP contribution in [0.5, 0.6) is 0 Å². The quantitative estimate of drug-likeness (QED) is 0.775. The second-order valence-corrected chi connectivity index (χ2v) is 4.98. The van der Waals surface area contributed by atoms with Crippen LogP contribution in [0.25, 0.3) is 0 Å². The molecule has 0 radical (unpaired) electrons. The fraction of sp³-hybridized carbons (Fsp3) is 0.538. The van der Waals surface area contributed by atoms with Gasteiger partial charge in [-0.15, -0.1) is 0 Å². The molecule has 0 saturated carbocycles. The van der Waals surface area contributed by atoms with Crippen molar-refractivity contribution in [2.45, 2.75) is 44.7 Å². The molecule has 2 heteroatoms. The molecule has 0 aliphatic carbocycles. The van der Waals surface area contributed by atoms with E-state index in [2.05, 4.69) is 24.3 Å². The van der Waals surface area contributed by atoms with Crippen LogP contribution in [0, 0.1) is 0 Å². The van der Waals surface area contributed by atoms with Crippen LogP contribution < -0.4 is 11.5 Å². The van der Waals surface area contributed by atoms with E-state index < -0.39 is 0 Å². The summed E-state index contributed by atoms with van der Waals surface area (Å²) in [5.41, 5.74) is 13.2. The zero-order valence-electron chi connectivity index (χ0n) is 9.74. The lowest BCUT2D eigenvalue weighted by Crippen LogP contribution is -2.35. The Morgan fingerprint density at radius 1 is 1.20 bits per heavy atom. The van der Waals surface area contributed by atoms with Gasteiger partial charge in [0.1, 0.15) is 0 Å². The van der Waals surface area contributed by atoms with E-state index >= 15 is 0 Å². The molecule has 84 valence electrons. The van der Waals surface area contributed by atoms with Crippen molar-refractivity contribution in [2.24, 2.45) is 11.5 Å². The fourth-order valence-corrected chi connectivity index (χ4v) is 1.58. The van der Waals surface area contributed by atoms with Crippen molar-refractivity contribution in [3.05, 3.63) is 35.9 Å². The first kappa shape index (κ1) is 12.2. The summed E-state index contributed by atoms with van der Waals surface area (Å²) in [4.78, 5) is 0. The molecule has 4 N–H and O–H groups in total. The SMILES string of the molecule is CC(C)(N)CCC(N)Cc1ccccc1. The molecular weight excluding hydrogens is 184 g/mol. The molecule has 0 fully saturated rings. The molecule has 0 aliphatic rings. The number of hydrogen-bond donors (Lipinski definition) is 2. The van der Waals surface area contributed by atoms with Crippen molar-refractivity contribution in [1.29, 1.82) is 0 Å². The Kier molecular flexibility index (Phi) is 4.30. The van der Waals surface area contributed by atoms with Crippen molar-refractivity contribution < 1.29 is 0 Å². The van der Waals surface area contributed by atoms with Gasteiger partial charge in [0.15, 0.2) is 0 Å². The van der Waals surface area contributed by atoms with Gasteiger partial charge in [-0.3, -0.25) is 0 Å². The summed E-state index contributed by atoms with van der Waals surface area (Å²) in [5.74, 6) is 0. The van der Waals surface area contributed by atoms with E-state index in [1.807, 2.05) is 19.9 Å². The molecule has 0 bridgehead atoms. The van der Waals surface area contributed by atoms with Gasteiger partial charge in [-0.25, -0.2) is 0 Å². The Morgan fingerprint density at radius 3 is 2.33 bits per heavy atom. The molecule has 0 saturated heterocycles. The highest BCUT2D eigenvalue weighted by Gasteiger charge is 2.13. The molecule has 2 nitrogen and oxygen atoms in total. The molecule has 1 unspecified atom stereocenters. The van der Waals surface area contributed by atoms with Gasteiger partial charge in [-0.05, 0) is 38.7 Å². The van der Waals surface area contributed by atoms with E-state index in [-0.39, 0.29) is 11.6 Å². The van der Waals surface area contributed by atoms with Crippen molar-refractivity contribution >= 4 is 0 Å². The second kappa shape index (κ2) is 5.29. The van der Waals surface area contributed by atoms with Crippen LogP contribution in [0.4, 0.5) is 0 Å². The topological polar surface area (TPSA) is 52.0 Å². The Hall–Kier alpha value is -0.860. The van der Waals surface area contributed by atoms with E-state index in [1.165, 1.54) is 5.56 Å². The highest BCUT2D eigenvalue weighted by molar-refractivity contribution is 5.15. The van der Waals surface area contributed by atoms with Crippen LogP contribution in [0.1, 0.15) is 32.3 Å². The van der Waals surface area contributed by atoms with E-state index in [1.54, 1.807) is 0 Å². The van der Waals surface area contributed by atoms with Gasteiger partial charge in [-0.1, -0.05) is 30.3 Å². The molecule has 0 spiro atoms. The van der Waals surface area contributed by atoms with Crippen LogP contribution in [0.2, 0.25) is 0 Å². The van der Waals surface area contributed by atoms with Crippen molar-refractivity contribution in [3.63, 3.8) is 0 Å². The third-order valence-electron chi connectivity index (χ3n) is 2.50. The lowest BCUT2D eigenvalue weighted by molar-refractivity contribution is 0.428. The highest BCUT2D eigenvalue weighted by atomic mass is 14.7. The van der Waals surface area contributed by atoms with Crippen LogP contribution in [-0.4, -0.2) is 11.6 Å². The van der Waals surface area contributed by atoms with Crippen LogP contribution in [-0.2, 0) is 6.42 Å². The third kappa shape index (κ3) is 5.55. The number of benzene rings is 1. The van der Waals surface area contributed by atoms with Crippen LogP contribution in [0.15, 0.2) is 30.3 Å². The fourth-order valence-electron chi connectivity index (χ4n) is 1.58. The zero-order chi connectivity index (χ0) is 11.3. The van der Waals surface area contributed by atoms with Gasteiger partial charge < -0.3 is 11.5 Å². The van der Waals surface area contributed by atoms with Gasteiger partial charge in [0.25, 0.3) is 0 Å². The minimum Gasteiger partial charge on any atom is -0.327 e. The smallest absolute Gasteiger partial charge is 0.00976 e. The highest BCUT2D eigenvalue weighted by Crippen LogP contribution is 2.11. The maximum absolute atomic E-state index is 6.06. The summed E-state index contributed by atoms with van der Waals surface area (Å²) in [5, 5.41) is 0. The van der Waals surface area contributed by atoms with E-state index in [0.29, 0.717) is 0 Å². The Labute approximate surface area is 92.7 Å². The average Bonchev–Trinajstić information content (AvgIpc) is 2.15. The van der Waals surface area contributed by atoms with Gasteiger partial charge >= 0.3 is 0 Å². The molecule has 0 aromatic heterocycles. The largest absolute Gasteiger partial charge is 0.327 e. The molecule has 0 heterocycles. The van der Waals surface area contributed by atoms with Gasteiger partial charge in [0.2, 0.25) is 0 Å². The summed E-state index contributed by atoms with van der Waals surface area (Å²) < 4.78 is 0. The lowest BCUT2D eigenvalue weighted by atomic mass is 9.94. The monoisotopic (exact) mass is 206 g/mol. The van der Waals surface area contributed by atoms with E-state index in [9.17, 15) is 0 Å². The first-order valence-electron chi connectivity index (χ1n) is 5.56. The lowest BCUT2D eigenvalue weighted by Gasteiger charge is -2.21. The Bertz CT molecular complexity index is 274. The molecule has 0 amide bonds.